The summed E-state index contributed by atoms with van der Waals surface area (Å²) in [4.78, 5) is 12.7. The quantitative estimate of drug-likeness (QED) is 0.798. The molecule has 1 aromatic heterocycles. The van der Waals surface area contributed by atoms with Crippen molar-refractivity contribution in [2.75, 3.05) is 0 Å². The van der Waals surface area contributed by atoms with Crippen molar-refractivity contribution >= 4 is 5.91 Å². The van der Waals surface area contributed by atoms with Crippen LogP contribution in [0.1, 0.15) is 17.4 Å². The van der Waals surface area contributed by atoms with E-state index >= 15 is 0 Å². The summed E-state index contributed by atoms with van der Waals surface area (Å²) in [5, 5.41) is 0. The minimum Gasteiger partial charge on any atom is -0.467 e. The second-order valence-corrected chi connectivity index (χ2v) is 4.46. The number of rotatable bonds is 3. The molecule has 1 amide bonds. The molecule has 2 heterocycles. The Balaban J connectivity index is 1.87. The van der Waals surface area contributed by atoms with Crippen LogP contribution in [-0.4, -0.2) is 16.7 Å². The molecule has 0 aliphatic carbocycles. The molecule has 0 saturated carbocycles. The molecule has 1 aliphatic heterocycles. The van der Waals surface area contributed by atoms with Gasteiger partial charge in [-0.3, -0.25) is 4.79 Å². The van der Waals surface area contributed by atoms with Gasteiger partial charge in [0.2, 0.25) is 0 Å². The van der Waals surface area contributed by atoms with Gasteiger partial charge in [-0.05, 0) is 17.7 Å². The van der Waals surface area contributed by atoms with Gasteiger partial charge in [0.25, 0.3) is 5.91 Å². The molecule has 5 heteroatoms. The van der Waals surface area contributed by atoms with E-state index < -0.39 is 17.9 Å². The second kappa shape index (κ2) is 4.19. The van der Waals surface area contributed by atoms with Crippen LogP contribution in [0.15, 0.2) is 53.1 Å². The third-order valence-corrected chi connectivity index (χ3v) is 3.21. The lowest BCUT2D eigenvalue weighted by atomic mass is 9.93. The number of carbonyl (C=O) groups is 1. The molecule has 2 aromatic rings. The van der Waals surface area contributed by atoms with Crippen molar-refractivity contribution in [1.82, 2.24) is 4.90 Å². The van der Waals surface area contributed by atoms with Crippen molar-refractivity contribution < 1.29 is 18.0 Å². The van der Waals surface area contributed by atoms with E-state index in [0.29, 0.717) is 0 Å². The molecule has 0 unspecified atom stereocenters. The molecular formula is C14H11F2NO2. The van der Waals surface area contributed by atoms with Crippen LogP contribution in [0.25, 0.3) is 0 Å². The van der Waals surface area contributed by atoms with Gasteiger partial charge in [0.15, 0.2) is 6.04 Å². The average molecular weight is 263 g/mol. The summed E-state index contributed by atoms with van der Waals surface area (Å²) in [5.74, 6) is -4.43. The van der Waals surface area contributed by atoms with E-state index in [1.165, 1.54) is 18.4 Å². The summed E-state index contributed by atoms with van der Waals surface area (Å²) in [6.07, 6.45) is 1.33. The van der Waals surface area contributed by atoms with Crippen molar-refractivity contribution in [2.24, 2.45) is 0 Å². The lowest BCUT2D eigenvalue weighted by Gasteiger charge is -2.45. The highest BCUT2D eigenvalue weighted by atomic mass is 19.3. The van der Waals surface area contributed by atoms with Crippen LogP contribution < -0.4 is 0 Å². The van der Waals surface area contributed by atoms with E-state index in [2.05, 4.69) is 0 Å². The predicted molar refractivity (Wildman–Crippen MR) is 63.4 cm³/mol. The third-order valence-electron chi connectivity index (χ3n) is 3.21. The minimum atomic E-state index is -3.38. The van der Waals surface area contributed by atoms with Crippen molar-refractivity contribution in [2.45, 2.75) is 18.5 Å². The molecule has 0 N–H and O–H groups in total. The topological polar surface area (TPSA) is 33.5 Å². The van der Waals surface area contributed by atoms with Gasteiger partial charge in [0, 0.05) is 6.54 Å². The highest BCUT2D eigenvalue weighted by molar-refractivity contribution is 5.91. The van der Waals surface area contributed by atoms with E-state index in [1.54, 1.807) is 24.3 Å². The maximum Gasteiger partial charge on any atom is 0.351 e. The molecular weight excluding hydrogens is 252 g/mol. The van der Waals surface area contributed by atoms with Crippen LogP contribution in [-0.2, 0) is 11.3 Å². The Morgan fingerprint density at radius 3 is 2.53 bits per heavy atom. The predicted octanol–water partition coefficient (Wildman–Crippen LogP) is 3.00. The maximum absolute atomic E-state index is 13.7. The van der Waals surface area contributed by atoms with Crippen LogP contribution in [0.2, 0.25) is 0 Å². The number of hydrogen-bond donors (Lipinski definition) is 0. The number of halogens is 2. The molecule has 98 valence electrons. The molecule has 0 radical (unpaired) electrons. The molecule has 3 rings (SSSR count). The zero-order valence-corrected chi connectivity index (χ0v) is 9.92. The zero-order chi connectivity index (χ0) is 13.5. The first kappa shape index (κ1) is 11.9. The first-order chi connectivity index (χ1) is 9.10. The zero-order valence-electron chi connectivity index (χ0n) is 9.92. The van der Waals surface area contributed by atoms with Crippen molar-refractivity contribution in [3.8, 4) is 0 Å². The molecule has 0 bridgehead atoms. The van der Waals surface area contributed by atoms with Gasteiger partial charge in [-0.25, -0.2) is 0 Å². The Kier molecular flexibility index (Phi) is 2.62. The molecule has 3 nitrogen and oxygen atoms in total. The van der Waals surface area contributed by atoms with E-state index in [-0.39, 0.29) is 12.3 Å². The SMILES string of the molecule is O=C1N(Cc2ccccc2)[C@H](c2ccco2)C1(F)F. The van der Waals surface area contributed by atoms with E-state index in [4.69, 9.17) is 4.42 Å². The molecule has 0 spiro atoms. The van der Waals surface area contributed by atoms with Gasteiger partial charge in [-0.1, -0.05) is 30.3 Å². The van der Waals surface area contributed by atoms with Gasteiger partial charge < -0.3 is 9.32 Å². The Morgan fingerprint density at radius 2 is 1.89 bits per heavy atom. The molecule has 1 saturated heterocycles. The number of likely N-dealkylation sites (tertiary alicyclic amines) is 1. The standard InChI is InChI=1S/C14H11F2NO2/c15-14(16)12(11-7-4-8-19-11)17(13(14)18)9-10-5-2-1-3-6-10/h1-8,12H,9H2/t12-/m1/s1. The van der Waals surface area contributed by atoms with Gasteiger partial charge in [0.05, 0.1) is 6.26 Å². The molecule has 1 atom stereocenters. The number of carbonyl (C=O) groups excluding carboxylic acids is 1. The third kappa shape index (κ3) is 1.82. The normalized spacial score (nSPS) is 21.3. The highest BCUT2D eigenvalue weighted by Crippen LogP contribution is 2.48. The smallest absolute Gasteiger partial charge is 0.351 e. The van der Waals surface area contributed by atoms with Crippen LogP contribution in [0.5, 0.6) is 0 Å². The van der Waals surface area contributed by atoms with E-state index in [1.807, 2.05) is 6.07 Å². The number of nitrogens with zero attached hydrogens (tertiary/aromatic N) is 1. The fourth-order valence-corrected chi connectivity index (χ4v) is 2.28. The van der Waals surface area contributed by atoms with Crippen LogP contribution in [0.3, 0.4) is 0 Å². The van der Waals surface area contributed by atoms with Crippen LogP contribution >= 0.6 is 0 Å². The Hall–Kier alpha value is -2.17. The summed E-state index contributed by atoms with van der Waals surface area (Å²) in [5.41, 5.74) is 0.808. The lowest BCUT2D eigenvalue weighted by molar-refractivity contribution is -0.210. The number of amides is 1. The van der Waals surface area contributed by atoms with Crippen molar-refractivity contribution in [1.29, 1.82) is 0 Å². The monoisotopic (exact) mass is 263 g/mol. The summed E-state index contributed by atoms with van der Waals surface area (Å²) in [6.45, 7) is 0.153. The lowest BCUT2D eigenvalue weighted by Crippen LogP contribution is -2.63. The number of β-lactam (4-membered cyclic amide) rings is 1. The fraction of sp³-hybridized carbons (Fsp3) is 0.214. The highest BCUT2D eigenvalue weighted by Gasteiger charge is 2.65. The van der Waals surface area contributed by atoms with Gasteiger partial charge in [0.1, 0.15) is 5.76 Å². The van der Waals surface area contributed by atoms with Gasteiger partial charge in [-0.2, -0.15) is 8.78 Å². The van der Waals surface area contributed by atoms with Crippen molar-refractivity contribution in [3.05, 3.63) is 60.1 Å². The fourth-order valence-electron chi connectivity index (χ4n) is 2.28. The van der Waals surface area contributed by atoms with Gasteiger partial charge >= 0.3 is 5.92 Å². The minimum absolute atomic E-state index is 0.112. The summed E-state index contributed by atoms with van der Waals surface area (Å²) in [7, 11) is 0. The number of benzene rings is 1. The van der Waals surface area contributed by atoms with Crippen molar-refractivity contribution in [3.63, 3.8) is 0 Å². The summed E-state index contributed by atoms with van der Waals surface area (Å²) < 4.78 is 32.3. The summed E-state index contributed by atoms with van der Waals surface area (Å²) in [6, 6.07) is 10.7. The maximum atomic E-state index is 13.7. The second-order valence-electron chi connectivity index (χ2n) is 4.46. The Morgan fingerprint density at radius 1 is 1.16 bits per heavy atom. The number of furan rings is 1. The Labute approximate surface area is 108 Å². The summed E-state index contributed by atoms with van der Waals surface area (Å²) >= 11 is 0. The first-order valence-corrected chi connectivity index (χ1v) is 5.87. The molecule has 1 fully saturated rings. The Bertz CT molecular complexity index is 581. The largest absolute Gasteiger partial charge is 0.467 e. The van der Waals surface area contributed by atoms with Gasteiger partial charge in [-0.15, -0.1) is 0 Å². The molecule has 1 aromatic carbocycles. The first-order valence-electron chi connectivity index (χ1n) is 5.87. The molecule has 1 aliphatic rings. The van der Waals surface area contributed by atoms with Crippen LogP contribution in [0.4, 0.5) is 8.78 Å². The number of alkyl halides is 2. The number of hydrogen-bond acceptors (Lipinski definition) is 2. The van der Waals surface area contributed by atoms with E-state index in [0.717, 1.165) is 10.5 Å². The van der Waals surface area contributed by atoms with Crippen LogP contribution in [0, 0.1) is 0 Å². The molecule has 19 heavy (non-hydrogen) atoms. The average Bonchev–Trinajstić information content (AvgIpc) is 2.92. The van der Waals surface area contributed by atoms with E-state index in [9.17, 15) is 13.6 Å².